The Hall–Kier alpha value is -2.89. The zero-order valence-corrected chi connectivity index (χ0v) is 12.3. The van der Waals surface area contributed by atoms with E-state index in [1.807, 2.05) is 0 Å². The second kappa shape index (κ2) is 6.71. The van der Waals surface area contributed by atoms with Crippen molar-refractivity contribution in [1.82, 2.24) is 0 Å². The fourth-order valence-electron chi connectivity index (χ4n) is 1.96. The van der Waals surface area contributed by atoms with Gasteiger partial charge in [0.1, 0.15) is 11.5 Å². The lowest BCUT2D eigenvalue weighted by molar-refractivity contribution is -0.115. The minimum Gasteiger partial charge on any atom is -0.504 e. The number of rotatable bonds is 5. The number of carbonyl (C=O) groups is 1. The summed E-state index contributed by atoms with van der Waals surface area (Å²) < 4.78 is 10.3. The molecule has 0 aromatic heterocycles. The Morgan fingerprint density at radius 1 is 1.05 bits per heavy atom. The van der Waals surface area contributed by atoms with E-state index in [4.69, 9.17) is 9.47 Å². The Bertz CT molecular complexity index is 684. The molecule has 0 unspecified atom stereocenters. The number of ether oxygens (including phenoxy) is 2. The van der Waals surface area contributed by atoms with Gasteiger partial charge < -0.3 is 25.0 Å². The predicted octanol–water partition coefficient (Wildman–Crippen LogP) is 2.30. The number of aromatic hydroxyl groups is 2. The minimum absolute atomic E-state index is 0.0586. The molecule has 0 saturated carbocycles. The largest absolute Gasteiger partial charge is 0.504 e. The predicted molar refractivity (Wildman–Crippen MR) is 81.7 cm³/mol. The highest BCUT2D eigenvalue weighted by molar-refractivity contribution is 5.93. The van der Waals surface area contributed by atoms with Crippen LogP contribution in [0, 0.1) is 0 Å². The van der Waals surface area contributed by atoms with E-state index in [9.17, 15) is 15.0 Å². The molecule has 0 aliphatic heterocycles. The number of phenolic OH excluding ortho intramolecular Hbond substituents is 2. The molecule has 2 aromatic carbocycles. The molecule has 0 radical (unpaired) electrons. The zero-order chi connectivity index (χ0) is 16.1. The maximum absolute atomic E-state index is 12.1. The van der Waals surface area contributed by atoms with Crippen molar-refractivity contribution in [2.45, 2.75) is 6.42 Å². The lowest BCUT2D eigenvalue weighted by Crippen LogP contribution is -2.15. The maximum Gasteiger partial charge on any atom is 0.228 e. The SMILES string of the molecule is COc1ccc(NC(=O)Cc2ccc(O)c(O)c2)c(OC)c1. The van der Waals surface area contributed by atoms with Crippen LogP contribution in [0.2, 0.25) is 0 Å². The van der Waals surface area contributed by atoms with Gasteiger partial charge in [-0.1, -0.05) is 6.07 Å². The van der Waals surface area contributed by atoms with E-state index in [0.717, 1.165) is 0 Å². The van der Waals surface area contributed by atoms with Gasteiger partial charge in [0.2, 0.25) is 5.91 Å². The van der Waals surface area contributed by atoms with E-state index < -0.39 is 0 Å². The molecule has 0 spiro atoms. The molecule has 0 bridgehead atoms. The molecule has 0 saturated heterocycles. The van der Waals surface area contributed by atoms with Gasteiger partial charge in [0.25, 0.3) is 0 Å². The van der Waals surface area contributed by atoms with Crippen molar-refractivity contribution in [2.24, 2.45) is 0 Å². The monoisotopic (exact) mass is 303 g/mol. The van der Waals surface area contributed by atoms with Gasteiger partial charge in [0, 0.05) is 6.07 Å². The molecule has 1 amide bonds. The average Bonchev–Trinajstić information content (AvgIpc) is 2.51. The van der Waals surface area contributed by atoms with Crippen LogP contribution in [0.15, 0.2) is 36.4 Å². The van der Waals surface area contributed by atoms with Gasteiger partial charge in [0.05, 0.1) is 26.3 Å². The second-order valence-corrected chi connectivity index (χ2v) is 4.61. The summed E-state index contributed by atoms with van der Waals surface area (Å²) >= 11 is 0. The molecule has 0 heterocycles. The van der Waals surface area contributed by atoms with Crippen LogP contribution in [0.25, 0.3) is 0 Å². The van der Waals surface area contributed by atoms with Gasteiger partial charge in [-0.2, -0.15) is 0 Å². The third-order valence-electron chi connectivity index (χ3n) is 3.09. The van der Waals surface area contributed by atoms with Gasteiger partial charge in [-0.3, -0.25) is 4.79 Å². The standard InChI is InChI=1S/C16H17NO5/c1-21-11-4-5-12(15(9-11)22-2)17-16(20)8-10-3-6-13(18)14(19)7-10/h3-7,9,18-19H,8H2,1-2H3,(H,17,20). The molecule has 22 heavy (non-hydrogen) atoms. The summed E-state index contributed by atoms with van der Waals surface area (Å²) in [6, 6.07) is 9.32. The Morgan fingerprint density at radius 2 is 1.82 bits per heavy atom. The number of phenols is 2. The summed E-state index contributed by atoms with van der Waals surface area (Å²) in [6.45, 7) is 0. The fraction of sp³-hybridized carbons (Fsp3) is 0.188. The first-order valence-electron chi connectivity index (χ1n) is 6.56. The lowest BCUT2D eigenvalue weighted by atomic mass is 10.1. The number of amides is 1. The molecule has 0 fully saturated rings. The van der Waals surface area contributed by atoms with Gasteiger partial charge in [0.15, 0.2) is 11.5 Å². The molecule has 2 aromatic rings. The van der Waals surface area contributed by atoms with Gasteiger partial charge in [-0.15, -0.1) is 0 Å². The molecule has 6 nitrogen and oxygen atoms in total. The number of carbonyl (C=O) groups excluding carboxylic acids is 1. The molecule has 116 valence electrons. The summed E-state index contributed by atoms with van der Waals surface area (Å²) in [5, 5.41) is 21.4. The number of nitrogens with one attached hydrogen (secondary N) is 1. The molecule has 0 aliphatic carbocycles. The molecule has 6 heteroatoms. The van der Waals surface area contributed by atoms with Crippen LogP contribution in [-0.4, -0.2) is 30.3 Å². The molecule has 2 rings (SSSR count). The quantitative estimate of drug-likeness (QED) is 0.738. The number of hydrogen-bond donors (Lipinski definition) is 3. The third-order valence-corrected chi connectivity index (χ3v) is 3.09. The first-order chi connectivity index (χ1) is 10.5. The Morgan fingerprint density at radius 3 is 2.45 bits per heavy atom. The van der Waals surface area contributed by atoms with Gasteiger partial charge in [-0.05, 0) is 29.8 Å². The summed E-state index contributed by atoms with van der Waals surface area (Å²) in [6.07, 6.45) is 0.0586. The van der Waals surface area contributed by atoms with Crippen LogP contribution in [0.4, 0.5) is 5.69 Å². The highest BCUT2D eigenvalue weighted by Crippen LogP contribution is 2.29. The first kappa shape index (κ1) is 15.5. The van der Waals surface area contributed by atoms with Crippen molar-refractivity contribution in [3.05, 3.63) is 42.0 Å². The Balaban J connectivity index is 2.10. The molecular weight excluding hydrogens is 286 g/mol. The number of hydrogen-bond acceptors (Lipinski definition) is 5. The zero-order valence-electron chi connectivity index (χ0n) is 12.3. The van der Waals surface area contributed by atoms with E-state index >= 15 is 0 Å². The summed E-state index contributed by atoms with van der Waals surface area (Å²) in [5.41, 5.74) is 1.11. The van der Waals surface area contributed by atoms with Gasteiger partial charge in [-0.25, -0.2) is 0 Å². The summed E-state index contributed by atoms with van der Waals surface area (Å²) in [4.78, 5) is 12.1. The third kappa shape index (κ3) is 3.60. The van der Waals surface area contributed by atoms with Crippen LogP contribution < -0.4 is 14.8 Å². The van der Waals surface area contributed by atoms with Crippen LogP contribution in [0.5, 0.6) is 23.0 Å². The van der Waals surface area contributed by atoms with Crippen molar-refractivity contribution in [3.8, 4) is 23.0 Å². The van der Waals surface area contributed by atoms with E-state index in [1.54, 1.807) is 31.4 Å². The van der Waals surface area contributed by atoms with Crippen molar-refractivity contribution in [1.29, 1.82) is 0 Å². The Kier molecular flexibility index (Phi) is 4.73. The van der Waals surface area contributed by atoms with Crippen LogP contribution in [-0.2, 0) is 11.2 Å². The maximum atomic E-state index is 12.1. The van der Waals surface area contributed by atoms with E-state index in [1.165, 1.54) is 19.2 Å². The normalized spacial score (nSPS) is 10.1. The number of benzene rings is 2. The fourth-order valence-corrected chi connectivity index (χ4v) is 1.96. The molecule has 0 aliphatic rings. The first-order valence-corrected chi connectivity index (χ1v) is 6.56. The van der Waals surface area contributed by atoms with E-state index in [0.29, 0.717) is 22.7 Å². The highest BCUT2D eigenvalue weighted by Gasteiger charge is 2.10. The average molecular weight is 303 g/mol. The van der Waals surface area contributed by atoms with Crippen LogP contribution in [0.3, 0.4) is 0 Å². The smallest absolute Gasteiger partial charge is 0.228 e. The molecule has 0 atom stereocenters. The topological polar surface area (TPSA) is 88.0 Å². The molecule has 3 N–H and O–H groups in total. The van der Waals surface area contributed by atoms with Crippen molar-refractivity contribution in [2.75, 3.05) is 19.5 Å². The summed E-state index contributed by atoms with van der Waals surface area (Å²) in [5.74, 6) is 0.362. The molecular formula is C16H17NO5. The second-order valence-electron chi connectivity index (χ2n) is 4.61. The van der Waals surface area contributed by atoms with Crippen molar-refractivity contribution in [3.63, 3.8) is 0 Å². The van der Waals surface area contributed by atoms with Crippen LogP contribution >= 0.6 is 0 Å². The van der Waals surface area contributed by atoms with Crippen LogP contribution in [0.1, 0.15) is 5.56 Å². The number of anilines is 1. The highest BCUT2D eigenvalue weighted by atomic mass is 16.5. The lowest BCUT2D eigenvalue weighted by Gasteiger charge is -2.11. The summed E-state index contributed by atoms with van der Waals surface area (Å²) in [7, 11) is 3.05. The van der Waals surface area contributed by atoms with Gasteiger partial charge >= 0.3 is 0 Å². The van der Waals surface area contributed by atoms with E-state index in [-0.39, 0.29) is 23.8 Å². The van der Waals surface area contributed by atoms with Crippen molar-refractivity contribution < 1.29 is 24.5 Å². The Labute approximate surface area is 127 Å². The minimum atomic E-state index is -0.270. The van der Waals surface area contributed by atoms with Crippen molar-refractivity contribution >= 4 is 11.6 Å². The number of methoxy groups -OCH3 is 2. The van der Waals surface area contributed by atoms with E-state index in [2.05, 4.69) is 5.32 Å².